The van der Waals surface area contributed by atoms with Crippen molar-refractivity contribution in [3.8, 4) is 17.3 Å². The summed E-state index contributed by atoms with van der Waals surface area (Å²) in [6.07, 6.45) is 3.82. The molecule has 0 aromatic carbocycles. The lowest BCUT2D eigenvalue weighted by atomic mass is 9.99. The van der Waals surface area contributed by atoms with Crippen molar-refractivity contribution in [3.63, 3.8) is 0 Å². The summed E-state index contributed by atoms with van der Waals surface area (Å²) >= 11 is 0. The lowest BCUT2D eigenvalue weighted by molar-refractivity contribution is 0.0646. The molecular formula is C23H20N8O3. The van der Waals surface area contributed by atoms with Crippen LogP contribution in [0.15, 0.2) is 53.3 Å². The quantitative estimate of drug-likeness (QED) is 0.437. The van der Waals surface area contributed by atoms with Crippen LogP contribution < -0.4 is 4.74 Å². The lowest BCUT2D eigenvalue weighted by Crippen LogP contribution is -2.41. The predicted octanol–water partition coefficient (Wildman–Crippen LogP) is 2.61. The molecule has 0 fully saturated rings. The molecule has 0 aliphatic carbocycles. The number of H-pyrrole nitrogens is 1. The summed E-state index contributed by atoms with van der Waals surface area (Å²) in [6, 6.07) is 10.9. The van der Waals surface area contributed by atoms with Crippen LogP contribution in [0.3, 0.4) is 0 Å². The molecule has 1 aliphatic heterocycles. The molecule has 11 nitrogen and oxygen atoms in total. The van der Waals surface area contributed by atoms with Gasteiger partial charge < -0.3 is 19.0 Å². The van der Waals surface area contributed by atoms with Gasteiger partial charge in [-0.25, -0.2) is 14.5 Å². The third-order valence-corrected chi connectivity index (χ3v) is 5.96. The Bertz CT molecular complexity index is 1500. The molecule has 6 rings (SSSR count). The molecule has 34 heavy (non-hydrogen) atoms. The molecule has 6 heterocycles. The number of aromatic amines is 1. The molecule has 1 aliphatic rings. The summed E-state index contributed by atoms with van der Waals surface area (Å²) in [4.78, 5) is 27.2. The minimum Gasteiger partial charge on any atom is -0.495 e. The third kappa shape index (κ3) is 3.20. The van der Waals surface area contributed by atoms with Gasteiger partial charge >= 0.3 is 11.8 Å². The first kappa shape index (κ1) is 20.1. The Balaban J connectivity index is 1.37. The van der Waals surface area contributed by atoms with Crippen LogP contribution in [0.25, 0.3) is 17.1 Å². The van der Waals surface area contributed by atoms with Crippen LogP contribution in [0.5, 0.6) is 5.75 Å². The van der Waals surface area contributed by atoms with Crippen molar-refractivity contribution in [2.45, 2.75) is 19.4 Å². The SMILES string of the molecule is COc1ccc(-c2nnc(C(=O)N3CCc4[nH]cnc4[C@@H]3c3cc4cccc(C)n4n3)o2)nc1. The summed E-state index contributed by atoms with van der Waals surface area (Å²) in [5, 5.41) is 12.8. The van der Waals surface area contributed by atoms with Gasteiger partial charge in [0, 0.05) is 24.4 Å². The van der Waals surface area contributed by atoms with Gasteiger partial charge in [0.15, 0.2) is 0 Å². The zero-order valence-corrected chi connectivity index (χ0v) is 18.5. The summed E-state index contributed by atoms with van der Waals surface area (Å²) < 4.78 is 12.7. The molecule has 0 unspecified atom stereocenters. The van der Waals surface area contributed by atoms with Crippen molar-refractivity contribution in [1.29, 1.82) is 0 Å². The predicted molar refractivity (Wildman–Crippen MR) is 119 cm³/mol. The van der Waals surface area contributed by atoms with Crippen LogP contribution in [0.1, 0.15) is 39.5 Å². The normalized spacial score (nSPS) is 15.5. The zero-order valence-electron chi connectivity index (χ0n) is 18.5. The van der Waals surface area contributed by atoms with E-state index < -0.39 is 6.04 Å². The van der Waals surface area contributed by atoms with Crippen molar-refractivity contribution in [3.05, 3.63) is 77.6 Å². The van der Waals surface area contributed by atoms with Crippen molar-refractivity contribution < 1.29 is 13.9 Å². The smallest absolute Gasteiger partial charge is 0.312 e. The Morgan fingerprint density at radius 1 is 1.21 bits per heavy atom. The third-order valence-electron chi connectivity index (χ3n) is 5.96. The van der Waals surface area contributed by atoms with Gasteiger partial charge in [0.2, 0.25) is 0 Å². The van der Waals surface area contributed by atoms with Gasteiger partial charge in [-0.15, -0.1) is 10.2 Å². The number of carbonyl (C=O) groups is 1. The molecule has 1 N–H and O–H groups in total. The fraction of sp³-hybridized carbons (Fsp3) is 0.217. The number of hydrogen-bond donors (Lipinski definition) is 1. The highest BCUT2D eigenvalue weighted by Gasteiger charge is 2.38. The Morgan fingerprint density at radius 2 is 2.12 bits per heavy atom. The van der Waals surface area contributed by atoms with Crippen LogP contribution in [0.4, 0.5) is 0 Å². The van der Waals surface area contributed by atoms with Crippen LogP contribution in [0.2, 0.25) is 0 Å². The molecule has 0 saturated carbocycles. The van der Waals surface area contributed by atoms with E-state index in [0.29, 0.717) is 30.1 Å². The molecule has 170 valence electrons. The highest BCUT2D eigenvalue weighted by molar-refractivity contribution is 5.90. The second kappa shape index (κ2) is 7.80. The Kier molecular flexibility index (Phi) is 4.61. The van der Waals surface area contributed by atoms with Gasteiger partial charge in [0.05, 0.1) is 36.5 Å². The number of amides is 1. The zero-order chi connectivity index (χ0) is 23.2. The Hall–Kier alpha value is -4.54. The Labute approximate surface area is 193 Å². The number of aryl methyl sites for hydroxylation is 1. The molecule has 1 amide bonds. The van der Waals surface area contributed by atoms with Gasteiger partial charge in [0.25, 0.3) is 5.89 Å². The molecule has 0 radical (unpaired) electrons. The van der Waals surface area contributed by atoms with Gasteiger partial charge in [-0.2, -0.15) is 5.10 Å². The number of aromatic nitrogens is 7. The minimum absolute atomic E-state index is 0.114. The van der Waals surface area contributed by atoms with Crippen molar-refractivity contribution in [2.75, 3.05) is 13.7 Å². The second-order valence-corrected chi connectivity index (χ2v) is 7.99. The van der Waals surface area contributed by atoms with E-state index in [1.807, 2.05) is 35.7 Å². The van der Waals surface area contributed by atoms with E-state index in [1.54, 1.807) is 36.7 Å². The Morgan fingerprint density at radius 3 is 2.91 bits per heavy atom. The van der Waals surface area contributed by atoms with Crippen molar-refractivity contribution in [2.24, 2.45) is 0 Å². The lowest BCUT2D eigenvalue weighted by Gasteiger charge is -2.32. The number of fused-ring (bicyclic) bond motifs is 2. The first-order valence-electron chi connectivity index (χ1n) is 10.7. The van der Waals surface area contributed by atoms with Gasteiger partial charge in [-0.05, 0) is 37.3 Å². The average molecular weight is 456 g/mol. The molecule has 0 bridgehead atoms. The molecule has 0 saturated heterocycles. The number of methoxy groups -OCH3 is 1. The number of nitrogens with zero attached hydrogens (tertiary/aromatic N) is 7. The average Bonchev–Trinajstić information content (AvgIpc) is 3.62. The fourth-order valence-corrected chi connectivity index (χ4v) is 4.26. The molecule has 1 atom stereocenters. The molecule has 5 aromatic rings. The van der Waals surface area contributed by atoms with Crippen LogP contribution in [0, 0.1) is 6.92 Å². The first-order valence-corrected chi connectivity index (χ1v) is 10.7. The number of hydrogen-bond acceptors (Lipinski definition) is 8. The molecular weight excluding hydrogens is 436 g/mol. The van der Waals surface area contributed by atoms with E-state index in [9.17, 15) is 4.79 Å². The first-order chi connectivity index (χ1) is 16.6. The highest BCUT2D eigenvalue weighted by Crippen LogP contribution is 2.34. The maximum atomic E-state index is 13.6. The number of carbonyl (C=O) groups excluding carboxylic acids is 1. The van der Waals surface area contributed by atoms with Crippen molar-refractivity contribution >= 4 is 11.4 Å². The van der Waals surface area contributed by atoms with E-state index >= 15 is 0 Å². The number of rotatable bonds is 4. The van der Waals surface area contributed by atoms with Crippen molar-refractivity contribution in [1.82, 2.24) is 39.7 Å². The van der Waals surface area contributed by atoms with Crippen LogP contribution >= 0.6 is 0 Å². The van der Waals surface area contributed by atoms with Crippen LogP contribution in [-0.4, -0.2) is 59.2 Å². The number of pyridine rings is 2. The van der Waals surface area contributed by atoms with E-state index in [1.165, 1.54) is 0 Å². The maximum Gasteiger partial charge on any atom is 0.312 e. The fourth-order valence-electron chi connectivity index (χ4n) is 4.26. The monoisotopic (exact) mass is 456 g/mol. The van der Waals surface area contributed by atoms with Gasteiger partial charge in [-0.3, -0.25) is 4.79 Å². The summed E-state index contributed by atoms with van der Waals surface area (Å²) in [7, 11) is 1.56. The highest BCUT2D eigenvalue weighted by atomic mass is 16.5. The summed E-state index contributed by atoms with van der Waals surface area (Å²) in [5.41, 5.74) is 4.85. The van der Waals surface area contributed by atoms with Gasteiger partial charge in [-0.1, -0.05) is 6.07 Å². The number of imidazole rings is 1. The number of nitrogens with one attached hydrogen (secondary N) is 1. The van der Waals surface area contributed by atoms with E-state index in [4.69, 9.17) is 14.3 Å². The minimum atomic E-state index is -0.490. The summed E-state index contributed by atoms with van der Waals surface area (Å²) in [5.74, 6) is 0.257. The standard InChI is InChI=1S/C23H20N8O3/c1-13-4-3-5-14-10-18(29-31(13)14)20-19-16(25-12-26-19)8-9-30(20)23(32)22-28-27-21(34-22)17-7-6-15(33-2)11-24-17/h3-7,10-12,20H,8-9H2,1-2H3,(H,25,26)/t20-/m0/s1. The molecule has 11 heteroatoms. The van der Waals surface area contributed by atoms with Crippen LogP contribution in [-0.2, 0) is 6.42 Å². The maximum absolute atomic E-state index is 13.6. The molecule has 5 aromatic heterocycles. The van der Waals surface area contributed by atoms with E-state index in [-0.39, 0.29) is 17.7 Å². The number of ether oxygens (including phenoxy) is 1. The van der Waals surface area contributed by atoms with Gasteiger partial charge in [0.1, 0.15) is 17.5 Å². The topological polar surface area (TPSA) is 127 Å². The largest absolute Gasteiger partial charge is 0.495 e. The second-order valence-electron chi connectivity index (χ2n) is 7.99. The van der Waals surface area contributed by atoms with E-state index in [2.05, 4.69) is 25.1 Å². The molecule has 0 spiro atoms. The van der Waals surface area contributed by atoms with E-state index in [0.717, 1.165) is 22.6 Å². The summed E-state index contributed by atoms with van der Waals surface area (Å²) in [6.45, 7) is 2.44.